The molecule has 0 bridgehead atoms. The molecule has 0 saturated carbocycles. The van der Waals surface area contributed by atoms with Crippen LogP contribution in [0.3, 0.4) is 0 Å². The normalized spacial score (nSPS) is 16.3. The molecule has 1 aliphatic rings. The molecule has 0 unspecified atom stereocenters. The van der Waals surface area contributed by atoms with Crippen LogP contribution in [0.4, 0.5) is 0 Å². The number of rotatable bonds is 8. The zero-order chi connectivity index (χ0) is 16.5. The topological polar surface area (TPSA) is 61.8 Å². The van der Waals surface area contributed by atoms with Gasteiger partial charge in [0.05, 0.1) is 13.2 Å². The quantitative estimate of drug-likeness (QED) is 0.714. The number of nitrogens with zero attached hydrogens (tertiary/aromatic N) is 1. The fraction of sp³-hybridized carbons (Fsp3) is 0.611. The zero-order valence-electron chi connectivity index (χ0n) is 14.0. The van der Waals surface area contributed by atoms with Gasteiger partial charge in [-0.25, -0.2) is 0 Å². The van der Waals surface area contributed by atoms with Crippen LogP contribution >= 0.6 is 0 Å². The lowest BCUT2D eigenvalue weighted by atomic mass is 10.1. The summed E-state index contributed by atoms with van der Waals surface area (Å²) in [4.78, 5) is 14.2. The Morgan fingerprint density at radius 3 is 2.91 bits per heavy atom. The molecular formula is C18H28N2O3. The molecule has 23 heavy (non-hydrogen) atoms. The molecule has 0 aliphatic carbocycles. The van der Waals surface area contributed by atoms with Crippen LogP contribution < -0.4 is 10.1 Å². The lowest BCUT2D eigenvalue weighted by molar-refractivity contribution is -0.121. The first-order valence-electron chi connectivity index (χ1n) is 8.47. The van der Waals surface area contributed by atoms with Gasteiger partial charge < -0.3 is 20.1 Å². The van der Waals surface area contributed by atoms with Crippen LogP contribution in [0.2, 0.25) is 0 Å². The molecule has 1 aromatic carbocycles. The summed E-state index contributed by atoms with van der Waals surface area (Å²) >= 11 is 0. The lowest BCUT2D eigenvalue weighted by Gasteiger charge is -2.29. The van der Waals surface area contributed by atoms with Crippen LogP contribution in [0, 0.1) is 0 Å². The van der Waals surface area contributed by atoms with Crippen molar-refractivity contribution in [2.24, 2.45) is 0 Å². The van der Waals surface area contributed by atoms with Crippen molar-refractivity contribution in [3.05, 3.63) is 29.8 Å². The molecule has 1 heterocycles. The third kappa shape index (κ3) is 6.59. The molecule has 0 aromatic heterocycles. The van der Waals surface area contributed by atoms with Gasteiger partial charge in [0, 0.05) is 26.1 Å². The zero-order valence-corrected chi connectivity index (χ0v) is 14.0. The molecular weight excluding hydrogens is 292 g/mol. The number of hydrogen-bond acceptors (Lipinski definition) is 4. The van der Waals surface area contributed by atoms with Crippen molar-refractivity contribution in [1.29, 1.82) is 0 Å². The van der Waals surface area contributed by atoms with Crippen molar-refractivity contribution in [1.82, 2.24) is 10.2 Å². The summed E-state index contributed by atoms with van der Waals surface area (Å²) in [5, 5.41) is 12.4. The maximum Gasteiger partial charge on any atom is 0.220 e. The molecule has 1 amide bonds. The van der Waals surface area contributed by atoms with Crippen molar-refractivity contribution in [3.63, 3.8) is 0 Å². The number of aryl methyl sites for hydroxylation is 1. The van der Waals surface area contributed by atoms with Crippen LogP contribution in [0.1, 0.15) is 31.2 Å². The number of aliphatic hydroxyl groups is 1. The van der Waals surface area contributed by atoms with Crippen molar-refractivity contribution < 1.29 is 14.6 Å². The highest BCUT2D eigenvalue weighted by molar-refractivity contribution is 5.76. The molecule has 1 saturated heterocycles. The van der Waals surface area contributed by atoms with E-state index in [0.29, 0.717) is 6.42 Å². The first kappa shape index (κ1) is 17.8. The van der Waals surface area contributed by atoms with Crippen molar-refractivity contribution in [3.8, 4) is 5.75 Å². The summed E-state index contributed by atoms with van der Waals surface area (Å²) in [5.41, 5.74) is 1.12. The van der Waals surface area contributed by atoms with E-state index in [2.05, 4.69) is 10.2 Å². The molecule has 128 valence electrons. The maximum atomic E-state index is 11.9. The van der Waals surface area contributed by atoms with E-state index in [0.717, 1.165) is 63.2 Å². The van der Waals surface area contributed by atoms with E-state index in [4.69, 9.17) is 4.74 Å². The number of nitrogens with one attached hydrogen (secondary N) is 1. The molecule has 5 heteroatoms. The van der Waals surface area contributed by atoms with Crippen LogP contribution in [0.15, 0.2) is 24.3 Å². The van der Waals surface area contributed by atoms with Crippen LogP contribution in [-0.4, -0.2) is 55.3 Å². The second-order valence-electron chi connectivity index (χ2n) is 6.13. The number of carbonyl (C=O) groups excluding carboxylic acids is 1. The van der Waals surface area contributed by atoms with E-state index < -0.39 is 0 Å². The Labute approximate surface area is 138 Å². The highest BCUT2D eigenvalue weighted by Gasteiger charge is 2.16. The second-order valence-corrected chi connectivity index (χ2v) is 6.13. The summed E-state index contributed by atoms with van der Waals surface area (Å²) in [5.74, 6) is 0.927. The summed E-state index contributed by atoms with van der Waals surface area (Å²) in [6.45, 7) is 3.63. The fourth-order valence-electron chi connectivity index (χ4n) is 2.85. The van der Waals surface area contributed by atoms with Gasteiger partial charge in [-0.2, -0.15) is 0 Å². The molecule has 2 rings (SSSR count). The van der Waals surface area contributed by atoms with E-state index in [1.54, 1.807) is 7.11 Å². The third-order valence-corrected chi connectivity index (χ3v) is 4.31. The van der Waals surface area contributed by atoms with Gasteiger partial charge in [0.15, 0.2) is 0 Å². The predicted molar refractivity (Wildman–Crippen MR) is 90.6 cm³/mol. The van der Waals surface area contributed by atoms with Crippen molar-refractivity contribution >= 4 is 5.91 Å². The van der Waals surface area contributed by atoms with E-state index in [-0.39, 0.29) is 12.0 Å². The average molecular weight is 320 g/mol. The monoisotopic (exact) mass is 320 g/mol. The number of benzene rings is 1. The number of amides is 1. The summed E-state index contributed by atoms with van der Waals surface area (Å²) < 4.78 is 5.18. The molecule has 1 aromatic rings. The summed E-state index contributed by atoms with van der Waals surface area (Å²) in [6.07, 6.45) is 3.80. The maximum absolute atomic E-state index is 11.9. The molecule has 0 radical (unpaired) electrons. The minimum Gasteiger partial charge on any atom is -0.497 e. The highest BCUT2D eigenvalue weighted by Crippen LogP contribution is 2.14. The Bertz CT molecular complexity index is 485. The summed E-state index contributed by atoms with van der Waals surface area (Å²) in [7, 11) is 1.65. The Hall–Kier alpha value is -1.59. The van der Waals surface area contributed by atoms with Crippen LogP contribution in [0.5, 0.6) is 5.75 Å². The first-order chi connectivity index (χ1) is 11.2. The SMILES string of the molecule is COc1cccc(CCC(=O)NCCCN2CCC(O)CC2)c1. The van der Waals surface area contributed by atoms with Crippen LogP contribution in [-0.2, 0) is 11.2 Å². The van der Waals surface area contributed by atoms with Gasteiger partial charge in [0.1, 0.15) is 5.75 Å². The minimum atomic E-state index is -0.123. The predicted octanol–water partition coefficient (Wildman–Crippen LogP) is 1.59. The smallest absolute Gasteiger partial charge is 0.220 e. The van der Waals surface area contributed by atoms with E-state index in [1.165, 1.54) is 0 Å². The second kappa shape index (κ2) is 9.53. The van der Waals surface area contributed by atoms with Gasteiger partial charge in [-0.1, -0.05) is 12.1 Å². The Kier molecular flexibility index (Phi) is 7.36. The number of ether oxygens (including phenoxy) is 1. The minimum absolute atomic E-state index is 0.0990. The average Bonchev–Trinajstić information content (AvgIpc) is 2.58. The number of likely N-dealkylation sites (tertiary alicyclic amines) is 1. The number of hydrogen-bond donors (Lipinski definition) is 2. The van der Waals surface area contributed by atoms with Gasteiger partial charge in [-0.3, -0.25) is 4.79 Å². The number of carbonyl (C=O) groups is 1. The molecule has 0 spiro atoms. The number of piperidine rings is 1. The molecule has 0 atom stereocenters. The van der Waals surface area contributed by atoms with Crippen molar-refractivity contribution in [2.75, 3.05) is 33.3 Å². The largest absolute Gasteiger partial charge is 0.497 e. The van der Waals surface area contributed by atoms with Gasteiger partial charge in [0.25, 0.3) is 0 Å². The molecule has 1 aliphatic heterocycles. The van der Waals surface area contributed by atoms with E-state index in [9.17, 15) is 9.90 Å². The lowest BCUT2D eigenvalue weighted by Crippen LogP contribution is -2.37. The van der Waals surface area contributed by atoms with E-state index >= 15 is 0 Å². The molecule has 1 fully saturated rings. The summed E-state index contributed by atoms with van der Waals surface area (Å²) in [6, 6.07) is 7.84. The van der Waals surface area contributed by atoms with E-state index in [1.807, 2.05) is 24.3 Å². The van der Waals surface area contributed by atoms with Gasteiger partial charge in [0.2, 0.25) is 5.91 Å². The Morgan fingerprint density at radius 2 is 2.17 bits per heavy atom. The number of methoxy groups -OCH3 is 1. The Morgan fingerprint density at radius 1 is 1.39 bits per heavy atom. The third-order valence-electron chi connectivity index (χ3n) is 4.31. The van der Waals surface area contributed by atoms with Crippen molar-refractivity contribution in [2.45, 2.75) is 38.2 Å². The van der Waals surface area contributed by atoms with Crippen LogP contribution in [0.25, 0.3) is 0 Å². The Balaban J connectivity index is 1.56. The number of aliphatic hydroxyl groups excluding tert-OH is 1. The fourth-order valence-corrected chi connectivity index (χ4v) is 2.85. The molecule has 5 nitrogen and oxygen atoms in total. The first-order valence-corrected chi connectivity index (χ1v) is 8.47. The van der Waals surface area contributed by atoms with Gasteiger partial charge in [-0.05, 0) is 49.9 Å². The molecule has 2 N–H and O–H groups in total. The highest BCUT2D eigenvalue weighted by atomic mass is 16.5. The van der Waals surface area contributed by atoms with Gasteiger partial charge in [-0.15, -0.1) is 0 Å². The standard InChI is InChI=1S/C18H28N2O3/c1-23-17-5-2-4-15(14-17)6-7-18(22)19-10-3-11-20-12-8-16(21)9-13-20/h2,4-5,14,16,21H,3,6-13H2,1H3,(H,19,22). The van der Waals surface area contributed by atoms with Gasteiger partial charge >= 0.3 is 0 Å².